The molecule has 0 saturated heterocycles. The van der Waals surface area contributed by atoms with E-state index in [1.807, 2.05) is 28.8 Å². The monoisotopic (exact) mass is 207 g/mol. The Morgan fingerprint density at radius 2 is 2.13 bits per heavy atom. The second-order valence-corrected chi connectivity index (χ2v) is 3.27. The molecule has 0 unspecified atom stereocenters. The fourth-order valence-electron chi connectivity index (χ4n) is 1.42. The predicted octanol–water partition coefficient (Wildman–Crippen LogP) is 0.0994. The van der Waals surface area contributed by atoms with E-state index in [0.717, 1.165) is 11.5 Å². The van der Waals surface area contributed by atoms with Crippen molar-refractivity contribution in [2.45, 2.75) is 6.04 Å². The van der Waals surface area contributed by atoms with Gasteiger partial charge in [-0.25, -0.2) is 4.98 Å². The zero-order valence-electron chi connectivity index (χ0n) is 8.17. The second kappa shape index (κ2) is 4.29. The lowest BCUT2D eigenvalue weighted by Crippen LogP contribution is -2.28. The third kappa shape index (κ3) is 1.93. The maximum atomic E-state index is 8.96. The first-order valence-electron chi connectivity index (χ1n) is 4.75. The van der Waals surface area contributed by atoms with Crippen LogP contribution in [0.15, 0.2) is 30.6 Å². The quantitative estimate of drug-likeness (QED) is 0.665. The van der Waals surface area contributed by atoms with Crippen LogP contribution in [0.3, 0.4) is 0 Å². The van der Waals surface area contributed by atoms with Crippen molar-refractivity contribution in [2.24, 2.45) is 0 Å². The van der Waals surface area contributed by atoms with Gasteiger partial charge in [-0.15, -0.1) is 0 Å². The zero-order valence-corrected chi connectivity index (χ0v) is 8.17. The van der Waals surface area contributed by atoms with Crippen molar-refractivity contribution < 1.29 is 10.2 Å². The Balaban J connectivity index is 2.30. The maximum Gasteiger partial charge on any atom is 0.138 e. The van der Waals surface area contributed by atoms with Crippen molar-refractivity contribution in [3.05, 3.63) is 30.6 Å². The standard InChI is InChI=1S/C10H13N3O2/c14-6-8(7-15)12-10-3-1-2-9-11-4-5-13(9)10/h1-5,8,12,14-15H,6-7H2. The molecule has 0 spiro atoms. The van der Waals surface area contributed by atoms with Gasteiger partial charge in [0, 0.05) is 12.4 Å². The first-order valence-corrected chi connectivity index (χ1v) is 4.75. The third-order valence-corrected chi connectivity index (χ3v) is 2.22. The first kappa shape index (κ1) is 9.95. The SMILES string of the molecule is OCC(CO)Nc1cccc2nccn12. The Labute approximate surface area is 87.0 Å². The maximum absolute atomic E-state index is 8.96. The molecule has 5 heteroatoms. The lowest BCUT2D eigenvalue weighted by molar-refractivity contribution is 0.203. The van der Waals surface area contributed by atoms with Gasteiger partial charge in [0.15, 0.2) is 0 Å². The highest BCUT2D eigenvalue weighted by Gasteiger charge is 2.07. The summed E-state index contributed by atoms with van der Waals surface area (Å²) < 4.78 is 1.86. The fraction of sp³-hybridized carbons (Fsp3) is 0.300. The summed E-state index contributed by atoms with van der Waals surface area (Å²) in [6, 6.07) is 5.28. The van der Waals surface area contributed by atoms with Crippen molar-refractivity contribution in [1.29, 1.82) is 0 Å². The summed E-state index contributed by atoms with van der Waals surface area (Å²) in [7, 11) is 0. The Bertz CT molecular complexity index is 437. The molecule has 80 valence electrons. The van der Waals surface area contributed by atoms with Crippen LogP contribution in [0.5, 0.6) is 0 Å². The highest BCUT2D eigenvalue weighted by Crippen LogP contribution is 2.11. The van der Waals surface area contributed by atoms with Gasteiger partial charge in [0.25, 0.3) is 0 Å². The molecule has 2 aromatic heterocycles. The van der Waals surface area contributed by atoms with Gasteiger partial charge in [0.05, 0.1) is 19.3 Å². The molecule has 2 rings (SSSR count). The number of nitrogens with zero attached hydrogens (tertiary/aromatic N) is 2. The van der Waals surface area contributed by atoms with E-state index in [1.165, 1.54) is 0 Å². The van der Waals surface area contributed by atoms with E-state index in [4.69, 9.17) is 10.2 Å². The van der Waals surface area contributed by atoms with Crippen LogP contribution < -0.4 is 5.32 Å². The highest BCUT2D eigenvalue weighted by molar-refractivity contribution is 5.50. The minimum atomic E-state index is -0.349. The number of pyridine rings is 1. The summed E-state index contributed by atoms with van der Waals surface area (Å²) in [4.78, 5) is 4.14. The molecule has 15 heavy (non-hydrogen) atoms. The number of aromatic nitrogens is 2. The molecule has 0 aromatic carbocycles. The summed E-state index contributed by atoms with van der Waals surface area (Å²) in [5.74, 6) is 0.804. The normalized spacial score (nSPS) is 11.1. The summed E-state index contributed by atoms with van der Waals surface area (Å²) in [6.45, 7) is -0.219. The number of nitrogens with one attached hydrogen (secondary N) is 1. The molecule has 0 amide bonds. The summed E-state index contributed by atoms with van der Waals surface area (Å²) in [6.07, 6.45) is 3.52. The van der Waals surface area contributed by atoms with Crippen LogP contribution in [0.4, 0.5) is 5.82 Å². The van der Waals surface area contributed by atoms with E-state index in [-0.39, 0.29) is 19.3 Å². The van der Waals surface area contributed by atoms with Gasteiger partial charge in [-0.05, 0) is 12.1 Å². The minimum absolute atomic E-state index is 0.110. The molecule has 2 heterocycles. The lowest BCUT2D eigenvalue weighted by Gasteiger charge is -2.15. The molecule has 0 aliphatic carbocycles. The molecule has 2 aromatic rings. The Morgan fingerprint density at radius 3 is 2.87 bits per heavy atom. The van der Waals surface area contributed by atoms with E-state index < -0.39 is 0 Å². The molecule has 0 atom stereocenters. The van der Waals surface area contributed by atoms with Gasteiger partial charge < -0.3 is 15.5 Å². The van der Waals surface area contributed by atoms with Crippen LogP contribution in [0.25, 0.3) is 5.65 Å². The predicted molar refractivity (Wildman–Crippen MR) is 56.8 cm³/mol. The largest absolute Gasteiger partial charge is 0.394 e. The topological polar surface area (TPSA) is 69.8 Å². The van der Waals surface area contributed by atoms with Crippen LogP contribution >= 0.6 is 0 Å². The Morgan fingerprint density at radius 1 is 1.33 bits per heavy atom. The minimum Gasteiger partial charge on any atom is -0.394 e. The second-order valence-electron chi connectivity index (χ2n) is 3.27. The van der Waals surface area contributed by atoms with Crippen LogP contribution in [0.2, 0.25) is 0 Å². The van der Waals surface area contributed by atoms with Crippen LogP contribution in [0.1, 0.15) is 0 Å². The molecular formula is C10H13N3O2. The fourth-order valence-corrected chi connectivity index (χ4v) is 1.42. The van der Waals surface area contributed by atoms with Crippen molar-refractivity contribution in [1.82, 2.24) is 9.38 Å². The smallest absolute Gasteiger partial charge is 0.138 e. The number of hydrogen-bond acceptors (Lipinski definition) is 4. The molecular weight excluding hydrogens is 194 g/mol. The number of fused-ring (bicyclic) bond motifs is 1. The van der Waals surface area contributed by atoms with Gasteiger partial charge in [-0.1, -0.05) is 6.07 Å². The van der Waals surface area contributed by atoms with Gasteiger partial charge in [0.2, 0.25) is 0 Å². The lowest BCUT2D eigenvalue weighted by atomic mass is 10.3. The molecule has 0 saturated carbocycles. The van der Waals surface area contributed by atoms with Crippen molar-refractivity contribution in [3.8, 4) is 0 Å². The van der Waals surface area contributed by atoms with Crippen LogP contribution in [0, 0.1) is 0 Å². The molecule has 0 fully saturated rings. The molecule has 0 aliphatic heterocycles. The van der Waals surface area contributed by atoms with Crippen molar-refractivity contribution in [3.63, 3.8) is 0 Å². The number of hydrogen-bond donors (Lipinski definition) is 3. The average Bonchev–Trinajstić information content (AvgIpc) is 2.74. The average molecular weight is 207 g/mol. The number of imidazole rings is 1. The van der Waals surface area contributed by atoms with E-state index in [1.54, 1.807) is 6.20 Å². The Hall–Kier alpha value is -1.59. The van der Waals surface area contributed by atoms with E-state index in [9.17, 15) is 0 Å². The summed E-state index contributed by atoms with van der Waals surface area (Å²) >= 11 is 0. The van der Waals surface area contributed by atoms with Gasteiger partial charge >= 0.3 is 0 Å². The van der Waals surface area contributed by atoms with Crippen molar-refractivity contribution in [2.75, 3.05) is 18.5 Å². The number of aliphatic hydroxyl groups is 2. The number of rotatable bonds is 4. The Kier molecular flexibility index (Phi) is 2.84. The van der Waals surface area contributed by atoms with E-state index in [0.29, 0.717) is 0 Å². The van der Waals surface area contributed by atoms with Gasteiger partial charge in [0.1, 0.15) is 11.5 Å². The van der Waals surface area contributed by atoms with Crippen LogP contribution in [-0.2, 0) is 0 Å². The molecule has 5 nitrogen and oxygen atoms in total. The highest BCUT2D eigenvalue weighted by atomic mass is 16.3. The van der Waals surface area contributed by atoms with E-state index in [2.05, 4.69) is 10.3 Å². The molecule has 0 radical (unpaired) electrons. The van der Waals surface area contributed by atoms with Gasteiger partial charge in [-0.2, -0.15) is 0 Å². The zero-order chi connectivity index (χ0) is 10.7. The first-order chi connectivity index (χ1) is 7.35. The summed E-state index contributed by atoms with van der Waals surface area (Å²) in [5, 5.41) is 21.0. The van der Waals surface area contributed by atoms with E-state index >= 15 is 0 Å². The molecule has 0 bridgehead atoms. The number of aliphatic hydroxyl groups excluding tert-OH is 2. The molecule has 3 N–H and O–H groups in total. The van der Waals surface area contributed by atoms with Crippen molar-refractivity contribution >= 4 is 11.5 Å². The van der Waals surface area contributed by atoms with Gasteiger partial charge in [-0.3, -0.25) is 4.40 Å². The third-order valence-electron chi connectivity index (χ3n) is 2.22. The molecule has 0 aliphatic rings. The summed E-state index contributed by atoms with van der Waals surface area (Å²) in [5.41, 5.74) is 0.828. The van der Waals surface area contributed by atoms with Crippen LogP contribution in [-0.4, -0.2) is 38.9 Å². The number of anilines is 1.